The zero-order valence-corrected chi connectivity index (χ0v) is 14.8. The van der Waals surface area contributed by atoms with Gasteiger partial charge in [-0.15, -0.1) is 0 Å². The van der Waals surface area contributed by atoms with E-state index in [1.807, 2.05) is 31.2 Å². The molecule has 1 heterocycles. The fraction of sp³-hybridized carbons (Fsp3) is 0.294. The Bertz CT molecular complexity index is 713. The molecule has 0 aliphatic heterocycles. The van der Waals surface area contributed by atoms with Gasteiger partial charge in [0.05, 0.1) is 0 Å². The number of benzene rings is 1. The fourth-order valence-electron chi connectivity index (χ4n) is 2.12. The van der Waals surface area contributed by atoms with E-state index in [1.54, 1.807) is 6.07 Å². The maximum atomic E-state index is 12.3. The number of amides is 1. The molecule has 2 rings (SSSR count). The van der Waals surface area contributed by atoms with Gasteiger partial charge in [-0.25, -0.2) is 0 Å². The summed E-state index contributed by atoms with van der Waals surface area (Å²) in [6.07, 6.45) is 0.665. The Hall–Kier alpha value is -2.28. The zero-order valence-electron chi connectivity index (χ0n) is 13.2. The van der Waals surface area contributed by atoms with Crippen LogP contribution in [0.2, 0.25) is 0 Å². The van der Waals surface area contributed by atoms with E-state index in [9.17, 15) is 9.59 Å². The molecule has 0 fully saturated rings. The molecule has 0 aliphatic rings. The number of carboxylic acids is 1. The highest BCUT2D eigenvalue weighted by Crippen LogP contribution is 2.20. The van der Waals surface area contributed by atoms with Crippen LogP contribution in [0, 0.1) is 0 Å². The number of furan rings is 1. The van der Waals surface area contributed by atoms with Crippen LogP contribution in [0.15, 0.2) is 45.3 Å². The van der Waals surface area contributed by atoms with Crippen LogP contribution in [0.1, 0.15) is 29.7 Å². The van der Waals surface area contributed by atoms with Crippen LogP contribution in [-0.4, -0.2) is 35.0 Å². The molecule has 1 N–H and O–H groups in total. The third kappa shape index (κ3) is 5.13. The van der Waals surface area contributed by atoms with Gasteiger partial charge in [-0.1, -0.05) is 28.9 Å². The summed E-state index contributed by atoms with van der Waals surface area (Å²) in [7, 11) is 0. The number of hydrogen-bond donors (Lipinski definition) is 1. The molecular formula is C17H18BrNO5. The second kappa shape index (κ2) is 8.54. The molecular weight excluding hydrogens is 378 g/mol. The van der Waals surface area contributed by atoms with Crippen molar-refractivity contribution in [2.45, 2.75) is 20.0 Å². The van der Waals surface area contributed by atoms with Crippen molar-refractivity contribution < 1.29 is 23.8 Å². The molecule has 6 nitrogen and oxygen atoms in total. The number of carboxylic acid groups (broad SMARTS) is 1. The van der Waals surface area contributed by atoms with Gasteiger partial charge in [0, 0.05) is 11.0 Å². The van der Waals surface area contributed by atoms with E-state index in [2.05, 4.69) is 15.9 Å². The summed E-state index contributed by atoms with van der Waals surface area (Å²) in [6, 6.07) is 10.6. The Labute approximate surface area is 148 Å². The molecule has 24 heavy (non-hydrogen) atoms. The lowest BCUT2D eigenvalue weighted by Gasteiger charge is -2.18. The largest absolute Gasteiger partial charge is 0.486 e. The van der Waals surface area contributed by atoms with Gasteiger partial charge in [0.2, 0.25) is 0 Å². The summed E-state index contributed by atoms with van der Waals surface area (Å²) in [5, 5.41) is 8.90. The lowest BCUT2D eigenvalue weighted by atomic mass is 10.3. The maximum Gasteiger partial charge on any atom is 0.323 e. The van der Waals surface area contributed by atoms with Crippen LogP contribution < -0.4 is 4.74 Å². The Balaban J connectivity index is 2.00. The number of hydrogen-bond acceptors (Lipinski definition) is 4. The van der Waals surface area contributed by atoms with Crippen molar-refractivity contribution in [1.29, 1.82) is 0 Å². The van der Waals surface area contributed by atoms with Crippen molar-refractivity contribution in [3.05, 3.63) is 52.4 Å². The minimum absolute atomic E-state index is 0.109. The van der Waals surface area contributed by atoms with Crippen LogP contribution in [0.4, 0.5) is 0 Å². The van der Waals surface area contributed by atoms with Crippen LogP contribution in [0.3, 0.4) is 0 Å². The van der Waals surface area contributed by atoms with Crippen molar-refractivity contribution in [3.8, 4) is 5.75 Å². The summed E-state index contributed by atoms with van der Waals surface area (Å²) in [5.41, 5.74) is 0. The van der Waals surface area contributed by atoms with E-state index in [0.717, 1.165) is 4.47 Å². The smallest absolute Gasteiger partial charge is 0.323 e. The highest BCUT2D eigenvalue weighted by molar-refractivity contribution is 9.10. The summed E-state index contributed by atoms with van der Waals surface area (Å²) >= 11 is 3.36. The first-order valence-corrected chi connectivity index (χ1v) is 8.27. The van der Waals surface area contributed by atoms with Gasteiger partial charge in [-0.2, -0.15) is 0 Å². The van der Waals surface area contributed by atoms with E-state index < -0.39 is 11.9 Å². The molecule has 0 aliphatic carbocycles. The predicted octanol–water partition coefficient (Wildman–Crippen LogP) is 3.56. The summed E-state index contributed by atoms with van der Waals surface area (Å²) in [5.74, 6) is -0.218. The average Bonchev–Trinajstić information content (AvgIpc) is 3.00. The van der Waals surface area contributed by atoms with Crippen LogP contribution in [0.5, 0.6) is 5.75 Å². The summed E-state index contributed by atoms with van der Waals surface area (Å²) < 4.78 is 12.0. The molecule has 0 bridgehead atoms. The molecule has 0 atom stereocenters. The molecule has 0 radical (unpaired) electrons. The highest BCUT2D eigenvalue weighted by Gasteiger charge is 2.21. The van der Waals surface area contributed by atoms with Crippen molar-refractivity contribution >= 4 is 27.8 Å². The summed E-state index contributed by atoms with van der Waals surface area (Å²) in [4.78, 5) is 24.4. The molecule has 0 spiro atoms. The first-order valence-electron chi connectivity index (χ1n) is 7.47. The number of halogens is 1. The van der Waals surface area contributed by atoms with Crippen molar-refractivity contribution in [3.63, 3.8) is 0 Å². The van der Waals surface area contributed by atoms with Gasteiger partial charge in [-0.3, -0.25) is 9.59 Å². The van der Waals surface area contributed by atoms with Gasteiger partial charge >= 0.3 is 5.97 Å². The topological polar surface area (TPSA) is 80.0 Å². The Kier molecular flexibility index (Phi) is 6.43. The molecule has 1 aromatic heterocycles. The van der Waals surface area contributed by atoms with Gasteiger partial charge in [0.25, 0.3) is 5.91 Å². The Morgan fingerprint density at radius 2 is 2.08 bits per heavy atom. The van der Waals surface area contributed by atoms with Crippen molar-refractivity contribution in [1.82, 2.24) is 4.90 Å². The van der Waals surface area contributed by atoms with Gasteiger partial charge in [-0.05, 0) is 36.8 Å². The molecule has 0 saturated heterocycles. The van der Waals surface area contributed by atoms with E-state index in [0.29, 0.717) is 24.5 Å². The van der Waals surface area contributed by atoms with Crippen LogP contribution in [-0.2, 0) is 11.4 Å². The second-order valence-electron chi connectivity index (χ2n) is 5.13. The van der Waals surface area contributed by atoms with Crippen LogP contribution >= 0.6 is 15.9 Å². The van der Waals surface area contributed by atoms with E-state index >= 15 is 0 Å². The monoisotopic (exact) mass is 395 g/mol. The lowest BCUT2D eigenvalue weighted by molar-refractivity contribution is -0.137. The minimum atomic E-state index is -1.05. The quantitative estimate of drug-likeness (QED) is 0.738. The maximum absolute atomic E-state index is 12.3. The van der Waals surface area contributed by atoms with Crippen molar-refractivity contribution in [2.24, 2.45) is 0 Å². The third-order valence-electron chi connectivity index (χ3n) is 3.16. The molecule has 0 saturated carbocycles. The number of aliphatic carboxylic acids is 1. The third-order valence-corrected chi connectivity index (χ3v) is 3.65. The molecule has 1 aromatic carbocycles. The van der Waals surface area contributed by atoms with E-state index in [-0.39, 0.29) is 18.9 Å². The Morgan fingerprint density at radius 3 is 2.75 bits per heavy atom. The normalized spacial score (nSPS) is 10.4. The van der Waals surface area contributed by atoms with Gasteiger partial charge in [0.15, 0.2) is 5.76 Å². The lowest BCUT2D eigenvalue weighted by Crippen LogP contribution is -2.36. The molecule has 128 valence electrons. The SMILES string of the molecule is CCCN(CC(=O)O)C(=O)c1ccc(COc2cccc(Br)c2)o1. The first-order chi connectivity index (χ1) is 11.5. The molecule has 7 heteroatoms. The standard InChI is InChI=1S/C17H18BrNO5/c1-2-8-19(10-16(20)21)17(22)15-7-6-14(24-15)11-23-13-5-3-4-12(18)9-13/h3-7,9H,2,8,10-11H2,1H3,(H,20,21). The number of nitrogens with zero attached hydrogens (tertiary/aromatic N) is 1. The molecule has 0 unspecified atom stereocenters. The number of carbonyl (C=O) groups excluding carboxylic acids is 1. The minimum Gasteiger partial charge on any atom is -0.486 e. The van der Waals surface area contributed by atoms with E-state index in [1.165, 1.54) is 11.0 Å². The van der Waals surface area contributed by atoms with Gasteiger partial charge < -0.3 is 19.2 Å². The predicted molar refractivity (Wildman–Crippen MR) is 91.0 cm³/mol. The number of ether oxygens (including phenoxy) is 1. The average molecular weight is 396 g/mol. The second-order valence-corrected chi connectivity index (χ2v) is 6.05. The number of carbonyl (C=O) groups is 2. The molecule has 1 amide bonds. The first kappa shape index (κ1) is 18.1. The summed E-state index contributed by atoms with van der Waals surface area (Å²) in [6.45, 7) is 2.06. The van der Waals surface area contributed by atoms with Crippen molar-refractivity contribution in [2.75, 3.05) is 13.1 Å². The highest BCUT2D eigenvalue weighted by atomic mass is 79.9. The molecule has 2 aromatic rings. The zero-order chi connectivity index (χ0) is 17.5. The van der Waals surface area contributed by atoms with Crippen LogP contribution in [0.25, 0.3) is 0 Å². The fourth-order valence-corrected chi connectivity index (χ4v) is 2.50. The Morgan fingerprint density at radius 1 is 1.29 bits per heavy atom. The number of rotatable bonds is 8. The van der Waals surface area contributed by atoms with Gasteiger partial charge in [0.1, 0.15) is 24.7 Å². The van der Waals surface area contributed by atoms with E-state index in [4.69, 9.17) is 14.3 Å².